The molecule has 13 nitrogen and oxygen atoms in total. The number of rotatable bonds is 18. The standard InChI is InChI=1S/C35H49N7O6S2/c1-5-25(4)33(42-16-15-40(35(42)45)21-28-23-49-32(18-36)38-28)34(44)39-30(17-26-9-7-6-8-10-26)31(43)22-41(20-24(2)3)50(47,48)29-13-11-27(12-14-29)19-37-46/h6-14,19,23-25,30-31,33,43,46H,5,15-18,20-22,36H2,1-4H3,(H,39,44)/b37-19+/t25-,30-,31+,33-/m0/s1. The number of nitrogens with zero attached hydrogens (tertiary/aromatic N) is 5. The fraction of sp³-hybridized carbons (Fsp3) is 0.486. The quantitative estimate of drug-likeness (QED) is 0.0873. The summed E-state index contributed by atoms with van der Waals surface area (Å²) in [5.74, 6) is -0.675. The maximum Gasteiger partial charge on any atom is 0.321 e. The number of amides is 3. The smallest absolute Gasteiger partial charge is 0.321 e. The summed E-state index contributed by atoms with van der Waals surface area (Å²) in [6, 6.07) is 13.3. The number of aromatic nitrogens is 1. The molecule has 272 valence electrons. The van der Waals surface area contributed by atoms with Crippen molar-refractivity contribution in [3.63, 3.8) is 0 Å². The minimum Gasteiger partial charge on any atom is -0.411 e. The van der Waals surface area contributed by atoms with Gasteiger partial charge in [0.05, 0.1) is 35.5 Å². The van der Waals surface area contributed by atoms with Gasteiger partial charge in [-0.1, -0.05) is 81.7 Å². The number of benzene rings is 2. The molecule has 2 heterocycles. The number of urea groups is 1. The Morgan fingerprint density at radius 2 is 1.82 bits per heavy atom. The summed E-state index contributed by atoms with van der Waals surface area (Å²) in [6.45, 7) is 8.93. The molecule has 5 N–H and O–H groups in total. The van der Waals surface area contributed by atoms with Gasteiger partial charge < -0.3 is 31.2 Å². The molecular weight excluding hydrogens is 679 g/mol. The van der Waals surface area contributed by atoms with Crippen LogP contribution in [-0.2, 0) is 34.3 Å². The van der Waals surface area contributed by atoms with E-state index in [0.29, 0.717) is 38.2 Å². The van der Waals surface area contributed by atoms with Gasteiger partial charge in [0.1, 0.15) is 11.0 Å². The summed E-state index contributed by atoms with van der Waals surface area (Å²) >= 11 is 1.44. The SMILES string of the molecule is CC[C@H](C)[C@@H](C(=O)N[C@@H](Cc1ccccc1)[C@H](O)CN(CC(C)C)S(=O)(=O)c1ccc(/C=N/O)cc1)N1CCN(Cc2csc(CN)n2)C1=O. The molecule has 1 aromatic heterocycles. The van der Waals surface area contributed by atoms with Gasteiger partial charge in [-0.2, -0.15) is 4.31 Å². The molecule has 0 unspecified atom stereocenters. The highest BCUT2D eigenvalue weighted by Gasteiger charge is 2.41. The van der Waals surface area contributed by atoms with E-state index in [1.54, 1.807) is 9.80 Å². The highest BCUT2D eigenvalue weighted by atomic mass is 32.2. The predicted molar refractivity (Wildman–Crippen MR) is 193 cm³/mol. The number of aliphatic hydroxyl groups is 1. The summed E-state index contributed by atoms with van der Waals surface area (Å²) in [4.78, 5) is 35.7. The summed E-state index contributed by atoms with van der Waals surface area (Å²) in [5.41, 5.74) is 7.83. The number of thiazole rings is 1. The van der Waals surface area contributed by atoms with Crippen molar-refractivity contribution in [1.29, 1.82) is 0 Å². The largest absolute Gasteiger partial charge is 0.411 e. The van der Waals surface area contributed by atoms with E-state index in [1.807, 2.05) is 63.4 Å². The normalized spacial score (nSPS) is 16.4. The van der Waals surface area contributed by atoms with Crippen LogP contribution in [0.2, 0.25) is 0 Å². The second-order valence-electron chi connectivity index (χ2n) is 13.1. The van der Waals surface area contributed by atoms with Crippen molar-refractivity contribution in [3.05, 3.63) is 81.8 Å². The molecule has 0 radical (unpaired) electrons. The van der Waals surface area contributed by atoms with Crippen LogP contribution in [0.4, 0.5) is 4.79 Å². The zero-order chi connectivity index (χ0) is 36.4. The number of oxime groups is 1. The van der Waals surface area contributed by atoms with Crippen molar-refractivity contribution in [1.82, 2.24) is 24.4 Å². The van der Waals surface area contributed by atoms with Crippen molar-refractivity contribution in [2.75, 3.05) is 26.2 Å². The molecule has 1 aliphatic rings. The van der Waals surface area contributed by atoms with Crippen LogP contribution in [-0.4, -0.2) is 100 Å². The lowest BCUT2D eigenvalue weighted by atomic mass is 9.95. The highest BCUT2D eigenvalue weighted by Crippen LogP contribution is 2.24. The van der Waals surface area contributed by atoms with E-state index < -0.39 is 34.1 Å². The van der Waals surface area contributed by atoms with Crippen LogP contribution in [0.3, 0.4) is 0 Å². The van der Waals surface area contributed by atoms with Gasteiger partial charge in [-0.25, -0.2) is 18.2 Å². The average molecular weight is 728 g/mol. The Kier molecular flexibility index (Phi) is 13.9. The Bertz CT molecular complexity index is 1680. The third kappa shape index (κ3) is 9.88. The lowest BCUT2D eigenvalue weighted by Crippen LogP contribution is -2.57. The van der Waals surface area contributed by atoms with Crippen LogP contribution in [0.15, 0.2) is 70.0 Å². The molecule has 0 saturated carbocycles. The van der Waals surface area contributed by atoms with Crippen molar-refractivity contribution in [2.24, 2.45) is 22.7 Å². The molecule has 1 aliphatic heterocycles. The van der Waals surface area contributed by atoms with Crippen LogP contribution in [0, 0.1) is 11.8 Å². The number of carbonyl (C=O) groups excluding carboxylic acids is 2. The van der Waals surface area contributed by atoms with E-state index in [9.17, 15) is 23.1 Å². The van der Waals surface area contributed by atoms with E-state index >= 15 is 0 Å². The van der Waals surface area contributed by atoms with E-state index in [0.717, 1.165) is 16.3 Å². The van der Waals surface area contributed by atoms with Gasteiger partial charge >= 0.3 is 6.03 Å². The number of aliphatic hydroxyl groups excluding tert-OH is 1. The van der Waals surface area contributed by atoms with Gasteiger partial charge in [-0.15, -0.1) is 11.3 Å². The van der Waals surface area contributed by atoms with E-state index in [-0.39, 0.29) is 42.3 Å². The molecule has 4 atom stereocenters. The Morgan fingerprint density at radius 3 is 2.42 bits per heavy atom. The van der Waals surface area contributed by atoms with Gasteiger partial charge in [-0.3, -0.25) is 4.79 Å². The lowest BCUT2D eigenvalue weighted by molar-refractivity contribution is -0.128. The molecule has 0 spiro atoms. The Labute approximate surface area is 298 Å². The fourth-order valence-corrected chi connectivity index (χ4v) is 8.31. The molecule has 3 aromatic rings. The lowest BCUT2D eigenvalue weighted by Gasteiger charge is -2.35. The van der Waals surface area contributed by atoms with Gasteiger partial charge in [0.15, 0.2) is 0 Å². The van der Waals surface area contributed by atoms with Crippen LogP contribution in [0.25, 0.3) is 0 Å². The Morgan fingerprint density at radius 1 is 1.12 bits per heavy atom. The van der Waals surface area contributed by atoms with Crippen LogP contribution < -0.4 is 11.1 Å². The van der Waals surface area contributed by atoms with Gasteiger partial charge in [0.25, 0.3) is 0 Å². The van der Waals surface area contributed by atoms with E-state index in [2.05, 4.69) is 15.5 Å². The molecule has 4 rings (SSSR count). The maximum absolute atomic E-state index is 14.2. The first-order valence-corrected chi connectivity index (χ1v) is 19.2. The van der Waals surface area contributed by atoms with Crippen molar-refractivity contribution < 1.29 is 28.3 Å². The molecule has 1 saturated heterocycles. The topological polar surface area (TPSA) is 182 Å². The number of sulfonamides is 1. The molecular formula is C35H49N7O6S2. The van der Waals surface area contributed by atoms with Gasteiger partial charge in [0, 0.05) is 38.1 Å². The molecule has 15 heteroatoms. The monoisotopic (exact) mass is 727 g/mol. The molecule has 0 bridgehead atoms. The second kappa shape index (κ2) is 17.9. The van der Waals surface area contributed by atoms with Crippen molar-refractivity contribution in [3.8, 4) is 0 Å². The third-order valence-corrected chi connectivity index (χ3v) is 11.6. The summed E-state index contributed by atoms with van der Waals surface area (Å²) in [6.07, 6.45) is 0.766. The number of carbonyl (C=O) groups is 2. The average Bonchev–Trinajstić information content (AvgIpc) is 3.70. The summed E-state index contributed by atoms with van der Waals surface area (Å²) in [5, 5.41) is 29.3. The summed E-state index contributed by atoms with van der Waals surface area (Å²) in [7, 11) is -4.06. The zero-order valence-electron chi connectivity index (χ0n) is 29.1. The number of nitrogens with one attached hydrogen (secondary N) is 1. The molecule has 2 aromatic carbocycles. The summed E-state index contributed by atoms with van der Waals surface area (Å²) < 4.78 is 29.0. The molecule has 3 amide bonds. The van der Waals surface area contributed by atoms with E-state index in [1.165, 1.54) is 46.1 Å². The van der Waals surface area contributed by atoms with Gasteiger partial charge in [-0.05, 0) is 41.5 Å². The Balaban J connectivity index is 1.58. The minimum absolute atomic E-state index is 0.0231. The minimum atomic E-state index is -4.06. The Hall–Kier alpha value is -3.89. The van der Waals surface area contributed by atoms with Crippen molar-refractivity contribution >= 4 is 39.5 Å². The van der Waals surface area contributed by atoms with Gasteiger partial charge in [0.2, 0.25) is 15.9 Å². The number of nitrogens with two attached hydrogens (primary N) is 1. The third-order valence-electron chi connectivity index (χ3n) is 8.82. The molecule has 0 aliphatic carbocycles. The first kappa shape index (κ1) is 38.9. The molecule has 50 heavy (non-hydrogen) atoms. The maximum atomic E-state index is 14.2. The molecule has 1 fully saturated rings. The van der Waals surface area contributed by atoms with Crippen LogP contribution in [0.1, 0.15) is 55.9 Å². The number of hydrogen-bond acceptors (Lipinski definition) is 10. The highest BCUT2D eigenvalue weighted by molar-refractivity contribution is 7.89. The fourth-order valence-electron chi connectivity index (χ4n) is 6.02. The zero-order valence-corrected chi connectivity index (χ0v) is 30.7. The number of hydrogen-bond donors (Lipinski definition) is 4. The van der Waals surface area contributed by atoms with E-state index in [4.69, 9.17) is 10.9 Å². The first-order valence-electron chi connectivity index (χ1n) is 16.9. The first-order chi connectivity index (χ1) is 23.9. The second-order valence-corrected chi connectivity index (χ2v) is 15.9. The van der Waals surface area contributed by atoms with Crippen LogP contribution >= 0.6 is 11.3 Å². The van der Waals surface area contributed by atoms with Crippen LogP contribution in [0.5, 0.6) is 0 Å². The predicted octanol–water partition coefficient (Wildman–Crippen LogP) is 3.50. The van der Waals surface area contributed by atoms with Crippen molar-refractivity contribution in [2.45, 2.75) is 76.7 Å².